The highest BCUT2D eigenvalue weighted by atomic mass is 79.9. The maximum atomic E-state index is 15.0. The molecule has 0 unspecified atom stereocenters. The summed E-state index contributed by atoms with van der Waals surface area (Å²) < 4.78 is 51.2. The predicted molar refractivity (Wildman–Crippen MR) is 117 cm³/mol. The summed E-state index contributed by atoms with van der Waals surface area (Å²) in [5, 5.41) is 2.62. The molecule has 1 aliphatic heterocycles. The van der Waals surface area contributed by atoms with E-state index < -0.39 is 23.8 Å². The molecule has 4 rings (SSSR count). The Kier molecular flexibility index (Phi) is 6.00. The molecule has 0 aromatic heterocycles. The fourth-order valence-electron chi connectivity index (χ4n) is 3.09. The number of Topliss-reactive ketones (excluding diaryl/α,β-unsaturated/α-hetero) is 1. The molecular formula is C22H12Br2F3NO4. The van der Waals surface area contributed by atoms with E-state index in [0.717, 1.165) is 6.07 Å². The van der Waals surface area contributed by atoms with Gasteiger partial charge in [0.25, 0.3) is 5.91 Å². The first-order chi connectivity index (χ1) is 15.1. The molecule has 0 atom stereocenters. The highest BCUT2D eigenvalue weighted by Gasteiger charge is 2.43. The molecule has 0 aliphatic carbocycles. The second-order valence-corrected chi connectivity index (χ2v) is 8.47. The van der Waals surface area contributed by atoms with Gasteiger partial charge in [-0.1, -0.05) is 18.2 Å². The summed E-state index contributed by atoms with van der Waals surface area (Å²) in [7, 11) is 0. The second kappa shape index (κ2) is 8.59. The summed E-state index contributed by atoms with van der Waals surface area (Å²) in [4.78, 5) is 25.3. The van der Waals surface area contributed by atoms with Crippen LogP contribution in [-0.2, 0) is 6.42 Å². The molecule has 164 valence electrons. The van der Waals surface area contributed by atoms with Crippen molar-refractivity contribution in [3.8, 4) is 11.5 Å². The van der Waals surface area contributed by atoms with Gasteiger partial charge in [0.2, 0.25) is 0 Å². The van der Waals surface area contributed by atoms with E-state index in [1.807, 2.05) is 0 Å². The van der Waals surface area contributed by atoms with Gasteiger partial charge < -0.3 is 14.8 Å². The summed E-state index contributed by atoms with van der Waals surface area (Å²) >= 11 is 6.64. The largest absolute Gasteiger partial charge is 0.586 e. The average molecular weight is 571 g/mol. The number of hydrogen-bond acceptors (Lipinski definition) is 4. The summed E-state index contributed by atoms with van der Waals surface area (Å²) in [5.74, 6) is -2.58. The van der Waals surface area contributed by atoms with Crippen LogP contribution in [0.1, 0.15) is 26.3 Å². The molecule has 0 radical (unpaired) electrons. The van der Waals surface area contributed by atoms with E-state index in [2.05, 4.69) is 46.7 Å². The number of anilines is 1. The smallest absolute Gasteiger partial charge is 0.395 e. The zero-order chi connectivity index (χ0) is 23.0. The molecule has 1 aliphatic rings. The second-order valence-electron chi connectivity index (χ2n) is 6.76. The summed E-state index contributed by atoms with van der Waals surface area (Å²) in [5.41, 5.74) is 0.201. The molecule has 10 heteroatoms. The Hall–Kier alpha value is -2.85. The molecule has 1 N–H and O–H groups in total. The summed E-state index contributed by atoms with van der Waals surface area (Å²) in [6.07, 6.45) is -4.19. The van der Waals surface area contributed by atoms with Gasteiger partial charge in [0.1, 0.15) is 5.82 Å². The molecule has 0 spiro atoms. The number of ether oxygens (including phenoxy) is 2. The van der Waals surface area contributed by atoms with Crippen LogP contribution in [0.15, 0.2) is 63.5 Å². The molecule has 1 heterocycles. The number of amides is 1. The van der Waals surface area contributed by atoms with Crippen molar-refractivity contribution in [1.82, 2.24) is 0 Å². The molecule has 3 aromatic carbocycles. The van der Waals surface area contributed by atoms with Crippen LogP contribution in [0.2, 0.25) is 0 Å². The Morgan fingerprint density at radius 1 is 0.938 bits per heavy atom. The van der Waals surface area contributed by atoms with Crippen molar-refractivity contribution in [1.29, 1.82) is 0 Å². The van der Waals surface area contributed by atoms with E-state index in [0.29, 0.717) is 14.6 Å². The number of fused-ring (bicyclic) bond motifs is 1. The zero-order valence-electron chi connectivity index (χ0n) is 15.9. The van der Waals surface area contributed by atoms with E-state index in [1.54, 1.807) is 18.2 Å². The van der Waals surface area contributed by atoms with Crippen molar-refractivity contribution in [3.63, 3.8) is 0 Å². The fourth-order valence-corrected chi connectivity index (χ4v) is 4.28. The third-order valence-electron chi connectivity index (χ3n) is 4.60. The monoisotopic (exact) mass is 569 g/mol. The number of alkyl halides is 2. The van der Waals surface area contributed by atoms with Crippen LogP contribution in [0, 0.1) is 5.82 Å². The number of halogens is 5. The van der Waals surface area contributed by atoms with Crippen LogP contribution in [0.4, 0.5) is 18.9 Å². The number of benzene rings is 3. The van der Waals surface area contributed by atoms with Gasteiger partial charge >= 0.3 is 6.29 Å². The normalized spacial score (nSPS) is 13.7. The number of nitrogens with one attached hydrogen (secondary N) is 1. The minimum atomic E-state index is -3.81. The minimum Gasteiger partial charge on any atom is -0.395 e. The number of carbonyl (C=O) groups excluding carboxylic acids is 2. The van der Waals surface area contributed by atoms with Crippen molar-refractivity contribution in [2.24, 2.45) is 0 Å². The Morgan fingerprint density at radius 3 is 2.31 bits per heavy atom. The highest BCUT2D eigenvalue weighted by molar-refractivity contribution is 9.11. The van der Waals surface area contributed by atoms with Crippen LogP contribution in [0.5, 0.6) is 11.5 Å². The number of hydrogen-bond donors (Lipinski definition) is 1. The lowest BCUT2D eigenvalue weighted by atomic mass is 10.00. The van der Waals surface area contributed by atoms with Crippen molar-refractivity contribution < 1.29 is 32.2 Å². The summed E-state index contributed by atoms with van der Waals surface area (Å²) in [6.45, 7) is 0. The number of carbonyl (C=O) groups is 2. The van der Waals surface area contributed by atoms with Crippen molar-refractivity contribution in [3.05, 3.63) is 86.1 Å². The third-order valence-corrected chi connectivity index (χ3v) is 5.92. The van der Waals surface area contributed by atoms with E-state index in [9.17, 15) is 18.4 Å². The van der Waals surface area contributed by atoms with Crippen LogP contribution in [0.3, 0.4) is 0 Å². The molecule has 0 fully saturated rings. The van der Waals surface area contributed by atoms with Crippen molar-refractivity contribution in [2.75, 3.05) is 5.32 Å². The fraction of sp³-hybridized carbons (Fsp3) is 0.0909. The molecule has 5 nitrogen and oxygen atoms in total. The first kappa shape index (κ1) is 22.3. The quantitative estimate of drug-likeness (QED) is 0.363. The van der Waals surface area contributed by atoms with Crippen molar-refractivity contribution >= 4 is 49.2 Å². The number of ketones is 1. The molecule has 0 bridgehead atoms. The van der Waals surface area contributed by atoms with E-state index in [4.69, 9.17) is 0 Å². The standard InChI is InChI=1S/C22H12Br2F3NO4/c23-14-5-2-6-15(24)20(14)28-21(30)13-4-1-3-12(19(13)25)9-16(29)11-7-8-17-18(10-11)32-22(26,27)31-17/h1-8,10H,9H2,(H,28,30). The SMILES string of the molecule is O=C(Cc1cccc(C(=O)Nc2c(Br)cccc2Br)c1F)c1ccc2c(c1)OC(F)(F)O2. The van der Waals surface area contributed by atoms with Gasteiger partial charge in [-0.05, 0) is 73.8 Å². The number of rotatable bonds is 5. The van der Waals surface area contributed by atoms with Gasteiger partial charge in [-0.2, -0.15) is 0 Å². The maximum Gasteiger partial charge on any atom is 0.586 e. The molecule has 3 aromatic rings. The lowest BCUT2D eigenvalue weighted by Gasteiger charge is -2.12. The Labute approximate surface area is 196 Å². The maximum absolute atomic E-state index is 15.0. The highest BCUT2D eigenvalue weighted by Crippen LogP contribution is 2.41. The Morgan fingerprint density at radius 2 is 1.59 bits per heavy atom. The lowest BCUT2D eigenvalue weighted by Crippen LogP contribution is -2.25. The van der Waals surface area contributed by atoms with E-state index in [1.165, 1.54) is 30.3 Å². The van der Waals surface area contributed by atoms with E-state index >= 15 is 4.39 Å². The molecular weight excluding hydrogens is 559 g/mol. The molecule has 32 heavy (non-hydrogen) atoms. The zero-order valence-corrected chi connectivity index (χ0v) is 19.1. The van der Waals surface area contributed by atoms with Gasteiger partial charge in [-0.25, -0.2) is 4.39 Å². The first-order valence-electron chi connectivity index (χ1n) is 9.10. The van der Waals surface area contributed by atoms with Crippen LogP contribution in [0.25, 0.3) is 0 Å². The van der Waals surface area contributed by atoms with E-state index in [-0.39, 0.29) is 34.6 Å². The van der Waals surface area contributed by atoms with Gasteiger partial charge in [0.15, 0.2) is 17.3 Å². The minimum absolute atomic E-state index is 0.0168. The van der Waals surface area contributed by atoms with Gasteiger partial charge in [0.05, 0.1) is 11.3 Å². The average Bonchev–Trinajstić information content (AvgIpc) is 3.05. The number of para-hydroxylation sites is 1. The lowest BCUT2D eigenvalue weighted by molar-refractivity contribution is -0.286. The van der Waals surface area contributed by atoms with Gasteiger partial charge in [-0.3, -0.25) is 9.59 Å². The Balaban J connectivity index is 1.54. The van der Waals surface area contributed by atoms with Crippen LogP contribution in [-0.4, -0.2) is 18.0 Å². The summed E-state index contributed by atoms with van der Waals surface area (Å²) in [6, 6.07) is 12.9. The van der Waals surface area contributed by atoms with Crippen LogP contribution < -0.4 is 14.8 Å². The van der Waals surface area contributed by atoms with Gasteiger partial charge in [-0.15, -0.1) is 8.78 Å². The predicted octanol–water partition coefficient (Wildman–Crippen LogP) is 6.35. The van der Waals surface area contributed by atoms with Crippen LogP contribution >= 0.6 is 31.9 Å². The van der Waals surface area contributed by atoms with Crippen molar-refractivity contribution in [2.45, 2.75) is 12.7 Å². The molecule has 0 saturated carbocycles. The topological polar surface area (TPSA) is 64.6 Å². The first-order valence-corrected chi connectivity index (χ1v) is 10.7. The Bertz CT molecular complexity index is 1230. The molecule has 0 saturated heterocycles. The van der Waals surface area contributed by atoms with Gasteiger partial charge in [0, 0.05) is 20.9 Å². The molecule has 1 amide bonds. The third kappa shape index (κ3) is 4.51.